The minimum absolute atomic E-state index is 0.172. The van der Waals surface area contributed by atoms with Crippen molar-refractivity contribution in [1.29, 1.82) is 0 Å². The van der Waals surface area contributed by atoms with Gasteiger partial charge >= 0.3 is 12.1 Å². The first-order valence-electron chi connectivity index (χ1n) is 5.42. The lowest BCUT2D eigenvalue weighted by molar-refractivity contribution is 0.0693. The molecule has 0 spiro atoms. The highest BCUT2D eigenvalue weighted by Gasteiger charge is 2.18. The average Bonchev–Trinajstić information content (AvgIpc) is 2.39. The quantitative estimate of drug-likeness (QED) is 0.652. The van der Waals surface area contributed by atoms with E-state index in [1.165, 1.54) is 6.07 Å². The molecule has 0 heterocycles. The molecule has 2 aromatic carbocycles. The molecule has 0 fully saturated rings. The van der Waals surface area contributed by atoms with E-state index in [4.69, 9.17) is 10.2 Å². The summed E-state index contributed by atoms with van der Waals surface area (Å²) in [5.41, 5.74) is 0.911. The summed E-state index contributed by atoms with van der Waals surface area (Å²) in [6.07, 6.45) is -1.55. The second-order valence-corrected chi connectivity index (χ2v) is 3.72. The molecular formula is C14H10O5. The first-order chi connectivity index (χ1) is 9.09. The van der Waals surface area contributed by atoms with Crippen molar-refractivity contribution in [3.63, 3.8) is 0 Å². The van der Waals surface area contributed by atoms with E-state index in [2.05, 4.69) is 4.74 Å². The Morgan fingerprint density at radius 3 is 2.16 bits per heavy atom. The summed E-state index contributed by atoms with van der Waals surface area (Å²) < 4.78 is 4.63. The number of carboxylic acids is 1. The Hall–Kier alpha value is -2.82. The average molecular weight is 258 g/mol. The topological polar surface area (TPSA) is 83.8 Å². The van der Waals surface area contributed by atoms with E-state index in [-0.39, 0.29) is 11.3 Å². The number of carbonyl (C=O) groups is 2. The van der Waals surface area contributed by atoms with Crippen molar-refractivity contribution in [2.45, 2.75) is 0 Å². The minimum atomic E-state index is -1.55. The zero-order valence-electron chi connectivity index (χ0n) is 9.74. The Bertz CT molecular complexity index is 619. The molecule has 0 saturated heterocycles. The Morgan fingerprint density at radius 1 is 0.895 bits per heavy atom. The first-order valence-corrected chi connectivity index (χ1v) is 5.42. The van der Waals surface area contributed by atoms with Gasteiger partial charge in [0.15, 0.2) is 5.75 Å². The number of carboxylic acid groups (broad SMARTS) is 2. The molecule has 96 valence electrons. The van der Waals surface area contributed by atoms with Crippen LogP contribution in [0.5, 0.6) is 5.75 Å². The Kier molecular flexibility index (Phi) is 3.47. The number of hydrogen-bond acceptors (Lipinski definition) is 3. The van der Waals surface area contributed by atoms with Crippen LogP contribution in [-0.4, -0.2) is 22.3 Å². The van der Waals surface area contributed by atoms with Gasteiger partial charge in [0.05, 0.1) is 0 Å². The van der Waals surface area contributed by atoms with Gasteiger partial charge in [-0.25, -0.2) is 9.59 Å². The third kappa shape index (κ3) is 2.71. The van der Waals surface area contributed by atoms with E-state index < -0.39 is 12.1 Å². The van der Waals surface area contributed by atoms with Gasteiger partial charge in [-0.2, -0.15) is 0 Å². The number of ether oxygens (including phenoxy) is 1. The second kappa shape index (κ2) is 5.22. The molecule has 0 radical (unpaired) electrons. The Morgan fingerprint density at radius 2 is 1.58 bits per heavy atom. The van der Waals surface area contributed by atoms with Crippen LogP contribution in [0, 0.1) is 0 Å². The lowest BCUT2D eigenvalue weighted by atomic mass is 10.0. The highest BCUT2D eigenvalue weighted by Crippen LogP contribution is 2.33. The molecule has 0 atom stereocenters. The zero-order valence-corrected chi connectivity index (χ0v) is 9.74. The predicted octanol–water partition coefficient (Wildman–Crippen LogP) is 3.11. The first kappa shape index (κ1) is 12.6. The molecule has 5 heteroatoms. The molecule has 2 aromatic rings. The number of hydrogen-bond donors (Lipinski definition) is 2. The molecule has 0 aromatic heterocycles. The summed E-state index contributed by atoms with van der Waals surface area (Å²) in [5, 5.41) is 17.8. The third-order valence-corrected chi connectivity index (χ3v) is 2.52. The Labute approximate surface area is 108 Å². The minimum Gasteiger partial charge on any atom is -0.478 e. The van der Waals surface area contributed by atoms with Crippen LogP contribution in [-0.2, 0) is 0 Å². The summed E-state index contributed by atoms with van der Waals surface area (Å²) in [7, 11) is 0. The number of aromatic carboxylic acids is 1. The van der Waals surface area contributed by atoms with Gasteiger partial charge < -0.3 is 14.9 Å². The number of rotatable bonds is 3. The van der Waals surface area contributed by atoms with Crippen LogP contribution in [0.4, 0.5) is 4.79 Å². The smallest absolute Gasteiger partial charge is 0.478 e. The van der Waals surface area contributed by atoms with Gasteiger partial charge in [-0.15, -0.1) is 0 Å². The molecule has 0 amide bonds. The van der Waals surface area contributed by atoms with Crippen LogP contribution in [0.2, 0.25) is 0 Å². The van der Waals surface area contributed by atoms with Crippen LogP contribution in [0.15, 0.2) is 48.5 Å². The van der Waals surface area contributed by atoms with Gasteiger partial charge in [0, 0.05) is 5.56 Å². The number of benzene rings is 2. The third-order valence-electron chi connectivity index (χ3n) is 2.52. The lowest BCUT2D eigenvalue weighted by Gasteiger charge is -2.10. The summed E-state index contributed by atoms with van der Waals surface area (Å²) in [6.45, 7) is 0. The molecule has 2 N–H and O–H groups in total. The molecule has 0 unspecified atom stereocenters. The maximum Gasteiger partial charge on any atom is 0.511 e. The van der Waals surface area contributed by atoms with Crippen LogP contribution in [0.1, 0.15) is 10.4 Å². The largest absolute Gasteiger partial charge is 0.511 e. The van der Waals surface area contributed by atoms with E-state index in [1.807, 2.05) is 6.07 Å². The highest BCUT2D eigenvalue weighted by atomic mass is 16.7. The summed E-state index contributed by atoms with van der Waals surface area (Å²) in [5.74, 6) is -1.41. The fourth-order valence-electron chi connectivity index (χ4n) is 1.75. The van der Waals surface area contributed by atoms with Gasteiger partial charge in [0.2, 0.25) is 0 Å². The van der Waals surface area contributed by atoms with Crippen molar-refractivity contribution in [1.82, 2.24) is 0 Å². The van der Waals surface area contributed by atoms with Gasteiger partial charge in [-0.3, -0.25) is 0 Å². The van der Waals surface area contributed by atoms with Crippen molar-refractivity contribution in [3.8, 4) is 16.9 Å². The number of para-hydroxylation sites is 1. The van der Waals surface area contributed by atoms with Crippen LogP contribution < -0.4 is 4.74 Å². The second-order valence-electron chi connectivity index (χ2n) is 3.72. The molecule has 0 saturated carbocycles. The molecule has 5 nitrogen and oxygen atoms in total. The predicted molar refractivity (Wildman–Crippen MR) is 67.5 cm³/mol. The van der Waals surface area contributed by atoms with Crippen LogP contribution >= 0.6 is 0 Å². The zero-order chi connectivity index (χ0) is 13.8. The maximum atomic E-state index is 11.1. The molecule has 19 heavy (non-hydrogen) atoms. The van der Waals surface area contributed by atoms with Crippen LogP contribution in [0.25, 0.3) is 11.1 Å². The van der Waals surface area contributed by atoms with Crippen molar-refractivity contribution < 1.29 is 24.5 Å². The molecule has 2 rings (SSSR count). The Balaban J connectivity index is 2.63. The molecular weight excluding hydrogens is 248 g/mol. The van der Waals surface area contributed by atoms with Crippen molar-refractivity contribution >= 4 is 12.1 Å². The fourth-order valence-corrected chi connectivity index (χ4v) is 1.75. The maximum absolute atomic E-state index is 11.1. The van der Waals surface area contributed by atoms with E-state index in [1.54, 1.807) is 36.4 Å². The summed E-state index contributed by atoms with van der Waals surface area (Å²) >= 11 is 0. The van der Waals surface area contributed by atoms with E-state index in [9.17, 15) is 9.59 Å². The van der Waals surface area contributed by atoms with E-state index >= 15 is 0 Å². The fraction of sp³-hybridized carbons (Fsp3) is 0. The lowest BCUT2D eigenvalue weighted by Crippen LogP contribution is -2.09. The van der Waals surface area contributed by atoms with Crippen molar-refractivity contribution in [3.05, 3.63) is 54.1 Å². The standard InChI is InChI=1S/C14H10O5/c15-13(16)11-8-4-7-10(12(11)19-14(17)18)9-5-2-1-3-6-9/h1-8H,(H,15,16)(H,17,18). The van der Waals surface area contributed by atoms with Crippen LogP contribution in [0.3, 0.4) is 0 Å². The van der Waals surface area contributed by atoms with Crippen molar-refractivity contribution in [2.75, 3.05) is 0 Å². The SMILES string of the molecule is O=C(O)Oc1c(C(=O)O)cccc1-c1ccccc1. The summed E-state index contributed by atoms with van der Waals surface area (Å²) in [6, 6.07) is 13.3. The van der Waals surface area contributed by atoms with E-state index in [0.29, 0.717) is 11.1 Å². The van der Waals surface area contributed by atoms with Gasteiger partial charge in [0.1, 0.15) is 5.56 Å². The monoisotopic (exact) mass is 258 g/mol. The summed E-state index contributed by atoms with van der Waals surface area (Å²) in [4.78, 5) is 21.8. The van der Waals surface area contributed by atoms with Gasteiger partial charge in [-0.1, -0.05) is 42.5 Å². The highest BCUT2D eigenvalue weighted by molar-refractivity contribution is 5.95. The molecule has 0 aliphatic rings. The van der Waals surface area contributed by atoms with Gasteiger partial charge in [0.25, 0.3) is 0 Å². The normalized spacial score (nSPS) is 9.89. The van der Waals surface area contributed by atoms with E-state index in [0.717, 1.165) is 0 Å². The molecule has 0 aliphatic heterocycles. The van der Waals surface area contributed by atoms with Crippen molar-refractivity contribution in [2.24, 2.45) is 0 Å². The molecule has 0 aliphatic carbocycles. The van der Waals surface area contributed by atoms with Gasteiger partial charge in [-0.05, 0) is 11.6 Å². The molecule has 0 bridgehead atoms.